The molecular weight excluding hydrogens is 163 g/mol. The molecule has 0 amide bonds. The van der Waals surface area contributed by atoms with E-state index < -0.39 is 0 Å². The third-order valence-corrected chi connectivity index (χ3v) is 2.84. The maximum Gasteiger partial charge on any atom is 1.00 e. The summed E-state index contributed by atoms with van der Waals surface area (Å²) in [6.45, 7) is 4.61. The fraction of sp³-hybridized carbons (Fsp3) is 0.250. The molecule has 0 atom stereocenters. The Hall–Kier alpha value is 1.07. The predicted octanol–water partition coefficient (Wildman–Crippen LogP) is -1.35. The maximum absolute atomic E-state index is 2.31. The van der Waals surface area contributed by atoms with Gasteiger partial charge < -0.3 is 0 Å². The van der Waals surface area contributed by atoms with E-state index in [0.717, 1.165) is 0 Å². The molecule has 0 saturated heterocycles. The van der Waals surface area contributed by atoms with Gasteiger partial charge in [0.15, 0.2) is 0 Å². The molecule has 0 unspecified atom stereocenters. The first-order chi connectivity index (χ1) is 4.30. The van der Waals surface area contributed by atoms with Crippen LogP contribution in [0.1, 0.15) is 0 Å². The van der Waals surface area contributed by atoms with E-state index in [0.29, 0.717) is 0 Å². The minimum Gasteiger partial charge on any atom is -0.292 e. The Kier molecular flexibility index (Phi) is 6.30. The Morgan fingerprint density at radius 2 is 1.50 bits per heavy atom. The second-order valence-corrected chi connectivity index (χ2v) is 4.94. The molecule has 0 N–H and O–H groups in total. The molecule has 48 valence electrons. The van der Waals surface area contributed by atoms with E-state index in [1.165, 1.54) is 5.19 Å². The van der Waals surface area contributed by atoms with Gasteiger partial charge in [0.2, 0.25) is 0 Å². The quantitative estimate of drug-likeness (QED) is 0.462. The zero-order valence-electron chi connectivity index (χ0n) is 6.89. The molecule has 1 aromatic rings. The summed E-state index contributed by atoms with van der Waals surface area (Å²) >= 11 is 0. The minimum atomic E-state index is -0.212. The van der Waals surface area contributed by atoms with Crippen molar-refractivity contribution < 1.29 is 51.4 Å². The van der Waals surface area contributed by atoms with Crippen molar-refractivity contribution in [3.05, 3.63) is 30.3 Å². The Bertz CT molecular complexity index is 172. The van der Waals surface area contributed by atoms with E-state index in [4.69, 9.17) is 0 Å². The Morgan fingerprint density at radius 1 is 1.00 bits per heavy atom. The number of hydrogen-bond donors (Lipinski definition) is 0. The van der Waals surface area contributed by atoms with Crippen LogP contribution in [0.5, 0.6) is 0 Å². The van der Waals surface area contributed by atoms with Gasteiger partial charge in [0, 0.05) is 0 Å². The molecule has 1 aromatic carbocycles. The van der Waals surface area contributed by atoms with Gasteiger partial charge in [0.1, 0.15) is 0 Å². The van der Waals surface area contributed by atoms with E-state index in [9.17, 15) is 0 Å². The van der Waals surface area contributed by atoms with E-state index in [2.05, 4.69) is 43.4 Å². The van der Waals surface area contributed by atoms with E-state index >= 15 is 0 Å². The van der Waals surface area contributed by atoms with Crippen LogP contribution in [0.25, 0.3) is 0 Å². The van der Waals surface area contributed by atoms with Gasteiger partial charge in [-0.2, -0.15) is 18.3 Å². The van der Waals surface area contributed by atoms with Crippen LogP contribution in [0.4, 0.5) is 0 Å². The summed E-state index contributed by atoms with van der Waals surface area (Å²) in [5.41, 5.74) is 0. The second kappa shape index (κ2) is 5.69. The summed E-state index contributed by atoms with van der Waals surface area (Å²) in [5, 5.41) is 1.52. The number of rotatable bonds is 1. The monoisotopic (exact) mass is 174 g/mol. The fourth-order valence-electron chi connectivity index (χ4n) is 0.771. The molecule has 0 aliphatic carbocycles. The molecule has 0 aliphatic heterocycles. The summed E-state index contributed by atoms with van der Waals surface area (Å²) < 4.78 is 0. The first kappa shape index (κ1) is 11.1. The minimum absolute atomic E-state index is 0. The normalized spacial score (nSPS) is 8.20. The van der Waals surface area contributed by atoms with Gasteiger partial charge in [-0.15, -0.1) is 0 Å². The summed E-state index contributed by atoms with van der Waals surface area (Å²) in [6, 6.07) is 10.7. The van der Waals surface area contributed by atoms with Crippen molar-refractivity contribution in [3.63, 3.8) is 0 Å². The maximum atomic E-state index is 2.31. The number of hydrogen-bond acceptors (Lipinski definition) is 0. The smallest absolute Gasteiger partial charge is 0.292 e. The van der Waals surface area contributed by atoms with Crippen molar-refractivity contribution >= 4 is 14.0 Å². The van der Waals surface area contributed by atoms with Gasteiger partial charge in [-0.3, -0.25) is 8.80 Å². The first-order valence-corrected chi connectivity index (χ1v) is 5.66. The van der Waals surface area contributed by atoms with Gasteiger partial charge in [-0.05, 0) is 0 Å². The van der Waals surface area contributed by atoms with Crippen LogP contribution in [0.2, 0.25) is 13.1 Å². The average Bonchev–Trinajstić information content (AvgIpc) is 1.90. The largest absolute Gasteiger partial charge is 1.00 e. The van der Waals surface area contributed by atoms with Crippen LogP contribution in [0, 0.1) is 0 Å². The van der Waals surface area contributed by atoms with E-state index in [1.54, 1.807) is 0 Å². The summed E-state index contributed by atoms with van der Waals surface area (Å²) in [7, 11) is -0.212. The van der Waals surface area contributed by atoms with Crippen molar-refractivity contribution in [1.29, 1.82) is 0 Å². The molecule has 0 saturated carbocycles. The second-order valence-electron chi connectivity index (χ2n) is 2.37. The van der Waals surface area contributed by atoms with Crippen molar-refractivity contribution in [2.24, 2.45) is 0 Å². The topological polar surface area (TPSA) is 0 Å². The molecule has 10 heavy (non-hydrogen) atoms. The molecule has 0 heterocycles. The van der Waals surface area contributed by atoms with Gasteiger partial charge in [-0.25, -0.2) is 0 Å². The van der Waals surface area contributed by atoms with Crippen molar-refractivity contribution in [3.8, 4) is 0 Å². The third kappa shape index (κ3) is 3.46. The molecule has 0 nitrogen and oxygen atoms in total. The molecule has 2 heteroatoms. The molecule has 0 radical (unpaired) electrons. The standard InChI is InChI=1S/C8H11Si.K/c1-9(2)8-6-4-3-5-7-8;/h3-7H,1-2H3;/q-1;+1. The van der Waals surface area contributed by atoms with Crippen LogP contribution in [-0.2, 0) is 0 Å². The molecular formula is C8H11KSi. The molecule has 0 bridgehead atoms. The summed E-state index contributed by atoms with van der Waals surface area (Å²) in [5.74, 6) is 0. The van der Waals surface area contributed by atoms with E-state index in [-0.39, 0.29) is 60.2 Å². The van der Waals surface area contributed by atoms with Gasteiger partial charge >= 0.3 is 51.4 Å². The molecule has 0 spiro atoms. The van der Waals surface area contributed by atoms with Gasteiger partial charge in [-0.1, -0.05) is 30.3 Å². The SMILES string of the molecule is C[Si-](C)c1ccccc1.[K+]. The van der Waals surface area contributed by atoms with Gasteiger partial charge in [0.05, 0.1) is 0 Å². The number of benzene rings is 1. The molecule has 1 rings (SSSR count). The van der Waals surface area contributed by atoms with Crippen LogP contribution >= 0.6 is 0 Å². The van der Waals surface area contributed by atoms with Crippen molar-refractivity contribution in [1.82, 2.24) is 0 Å². The zero-order chi connectivity index (χ0) is 6.69. The van der Waals surface area contributed by atoms with Crippen LogP contribution in [0.3, 0.4) is 0 Å². The Morgan fingerprint density at radius 3 is 1.80 bits per heavy atom. The Balaban J connectivity index is 0.000000810. The average molecular weight is 174 g/mol. The van der Waals surface area contributed by atoms with Crippen molar-refractivity contribution in [2.45, 2.75) is 13.1 Å². The van der Waals surface area contributed by atoms with Crippen LogP contribution in [0.15, 0.2) is 30.3 Å². The van der Waals surface area contributed by atoms with Gasteiger partial charge in [0.25, 0.3) is 0 Å². The van der Waals surface area contributed by atoms with E-state index in [1.807, 2.05) is 0 Å². The van der Waals surface area contributed by atoms with Crippen molar-refractivity contribution in [2.75, 3.05) is 0 Å². The van der Waals surface area contributed by atoms with Crippen LogP contribution < -0.4 is 56.6 Å². The predicted molar refractivity (Wildman–Crippen MR) is 43.6 cm³/mol. The third-order valence-electron chi connectivity index (χ3n) is 1.35. The van der Waals surface area contributed by atoms with Crippen LogP contribution in [-0.4, -0.2) is 8.80 Å². The zero-order valence-corrected chi connectivity index (χ0v) is 11.0. The molecule has 0 fully saturated rings. The molecule has 0 aliphatic rings. The summed E-state index contributed by atoms with van der Waals surface area (Å²) in [4.78, 5) is 0. The molecule has 0 aromatic heterocycles. The fourth-order valence-corrected chi connectivity index (χ4v) is 1.63. The first-order valence-electron chi connectivity index (χ1n) is 3.16. The summed E-state index contributed by atoms with van der Waals surface area (Å²) in [6.07, 6.45) is 0. The Labute approximate surface area is 107 Å².